The summed E-state index contributed by atoms with van der Waals surface area (Å²) >= 11 is 0. The van der Waals surface area contributed by atoms with Crippen molar-refractivity contribution >= 4 is 11.9 Å². The van der Waals surface area contributed by atoms with Gasteiger partial charge in [-0.2, -0.15) is 0 Å². The van der Waals surface area contributed by atoms with Crippen LogP contribution in [0.2, 0.25) is 0 Å². The quantitative estimate of drug-likeness (QED) is 0.874. The Balaban J connectivity index is 2.10. The highest BCUT2D eigenvalue weighted by molar-refractivity contribution is 5.97. The van der Waals surface area contributed by atoms with Crippen LogP contribution in [-0.2, 0) is 4.79 Å². The third kappa shape index (κ3) is 4.43. The van der Waals surface area contributed by atoms with Gasteiger partial charge in [-0.25, -0.2) is 4.39 Å². The van der Waals surface area contributed by atoms with Gasteiger partial charge in [-0.3, -0.25) is 9.59 Å². The smallest absolute Gasteiger partial charge is 0.303 e. The molecule has 1 saturated heterocycles. The summed E-state index contributed by atoms with van der Waals surface area (Å²) in [6, 6.07) is 4.34. The summed E-state index contributed by atoms with van der Waals surface area (Å²) in [7, 11) is 0. The molecule has 1 heterocycles. The third-order valence-electron chi connectivity index (χ3n) is 4.06. The fraction of sp³-hybridized carbons (Fsp3) is 0.529. The predicted molar refractivity (Wildman–Crippen MR) is 83.1 cm³/mol. The van der Waals surface area contributed by atoms with Gasteiger partial charge in [-0.15, -0.1) is 0 Å². The summed E-state index contributed by atoms with van der Waals surface area (Å²) in [5, 5.41) is 8.78. The first-order valence-corrected chi connectivity index (χ1v) is 7.95. The summed E-state index contributed by atoms with van der Waals surface area (Å²) in [5.74, 6) is -1.46. The fourth-order valence-corrected chi connectivity index (χ4v) is 2.95. The molecule has 1 atom stereocenters. The molecule has 1 aliphatic rings. The second-order valence-electron chi connectivity index (χ2n) is 5.74. The predicted octanol–water partition coefficient (Wildman–Crippen LogP) is 2.94. The number of carbonyl (C=O) groups is 2. The van der Waals surface area contributed by atoms with Crippen LogP contribution in [0.15, 0.2) is 18.2 Å². The van der Waals surface area contributed by atoms with Crippen LogP contribution < -0.4 is 4.74 Å². The second-order valence-corrected chi connectivity index (χ2v) is 5.74. The van der Waals surface area contributed by atoms with Crippen molar-refractivity contribution in [3.05, 3.63) is 29.6 Å². The maximum atomic E-state index is 13.9. The van der Waals surface area contributed by atoms with Crippen LogP contribution in [0, 0.1) is 11.7 Å². The second kappa shape index (κ2) is 7.94. The molecule has 1 amide bonds. The van der Waals surface area contributed by atoms with E-state index in [1.165, 1.54) is 12.1 Å². The van der Waals surface area contributed by atoms with Crippen molar-refractivity contribution in [2.24, 2.45) is 5.92 Å². The van der Waals surface area contributed by atoms with Crippen LogP contribution in [0.3, 0.4) is 0 Å². The Morgan fingerprint density at radius 1 is 1.43 bits per heavy atom. The Kier molecular flexibility index (Phi) is 5.96. The van der Waals surface area contributed by atoms with Crippen LogP contribution in [0.5, 0.6) is 5.75 Å². The van der Waals surface area contributed by atoms with Gasteiger partial charge in [0.25, 0.3) is 5.91 Å². The molecular weight excluding hydrogens is 301 g/mol. The van der Waals surface area contributed by atoms with Gasteiger partial charge in [0, 0.05) is 19.5 Å². The third-order valence-corrected chi connectivity index (χ3v) is 4.06. The Hall–Kier alpha value is -2.11. The maximum absolute atomic E-state index is 13.9. The molecule has 1 aromatic rings. The first-order chi connectivity index (χ1) is 11.0. The molecule has 0 saturated carbocycles. The summed E-state index contributed by atoms with van der Waals surface area (Å²) in [6.07, 6.45) is 2.41. The number of carbonyl (C=O) groups excluding carboxylic acids is 1. The zero-order chi connectivity index (χ0) is 16.8. The number of likely N-dealkylation sites (tertiary alicyclic amines) is 1. The number of rotatable bonds is 6. The molecule has 0 spiro atoms. The van der Waals surface area contributed by atoms with Crippen molar-refractivity contribution in [2.45, 2.75) is 32.6 Å². The average Bonchev–Trinajstić information content (AvgIpc) is 2.54. The largest absolute Gasteiger partial charge is 0.490 e. The van der Waals surface area contributed by atoms with E-state index in [1.54, 1.807) is 17.9 Å². The minimum Gasteiger partial charge on any atom is -0.490 e. The van der Waals surface area contributed by atoms with E-state index in [4.69, 9.17) is 9.84 Å². The van der Waals surface area contributed by atoms with E-state index in [2.05, 4.69) is 0 Å². The summed E-state index contributed by atoms with van der Waals surface area (Å²) in [4.78, 5) is 25.1. The molecular formula is C17H22FNO4. The van der Waals surface area contributed by atoms with Gasteiger partial charge in [0.05, 0.1) is 12.2 Å². The van der Waals surface area contributed by atoms with Crippen molar-refractivity contribution in [1.82, 2.24) is 4.90 Å². The molecule has 6 heteroatoms. The van der Waals surface area contributed by atoms with Crippen LogP contribution >= 0.6 is 0 Å². The number of para-hydroxylation sites is 1. The monoisotopic (exact) mass is 323 g/mol. The molecule has 1 N–H and O–H groups in total. The lowest BCUT2D eigenvalue weighted by Crippen LogP contribution is -2.40. The lowest BCUT2D eigenvalue weighted by atomic mass is 9.93. The standard InChI is InChI=1S/C17H22FNO4/c1-2-23-16-13(6-3-7-14(16)18)17(22)19-10-4-5-12(11-19)8-9-15(20)21/h3,6-7,12H,2,4-5,8-11H2,1H3,(H,20,21)/t12-/m1/s1. The van der Waals surface area contributed by atoms with Crippen molar-refractivity contribution in [3.8, 4) is 5.75 Å². The molecule has 1 aromatic carbocycles. The topological polar surface area (TPSA) is 66.8 Å². The minimum atomic E-state index is -0.822. The Labute approximate surface area is 135 Å². The van der Waals surface area contributed by atoms with Gasteiger partial charge in [0.15, 0.2) is 11.6 Å². The van der Waals surface area contributed by atoms with Gasteiger partial charge in [-0.05, 0) is 44.2 Å². The molecule has 0 aliphatic carbocycles. The first-order valence-electron chi connectivity index (χ1n) is 7.95. The van der Waals surface area contributed by atoms with Crippen molar-refractivity contribution in [2.75, 3.05) is 19.7 Å². The molecule has 0 aromatic heterocycles. The Morgan fingerprint density at radius 2 is 2.22 bits per heavy atom. The van der Waals surface area contributed by atoms with Crippen LogP contribution in [0.1, 0.15) is 43.0 Å². The van der Waals surface area contributed by atoms with Gasteiger partial charge in [0.1, 0.15) is 0 Å². The van der Waals surface area contributed by atoms with Gasteiger partial charge in [-0.1, -0.05) is 6.07 Å². The van der Waals surface area contributed by atoms with Crippen molar-refractivity contribution < 1.29 is 23.8 Å². The molecule has 0 bridgehead atoms. The number of hydrogen-bond acceptors (Lipinski definition) is 3. The molecule has 1 aliphatic heterocycles. The van der Waals surface area contributed by atoms with Crippen LogP contribution in [0.4, 0.5) is 4.39 Å². The molecule has 1 fully saturated rings. The lowest BCUT2D eigenvalue weighted by Gasteiger charge is -2.33. The van der Waals surface area contributed by atoms with Crippen LogP contribution in [-0.4, -0.2) is 41.6 Å². The van der Waals surface area contributed by atoms with E-state index < -0.39 is 11.8 Å². The number of piperidine rings is 1. The zero-order valence-corrected chi connectivity index (χ0v) is 13.3. The van der Waals surface area contributed by atoms with Gasteiger partial charge < -0.3 is 14.7 Å². The highest BCUT2D eigenvalue weighted by atomic mass is 19.1. The highest BCUT2D eigenvalue weighted by Crippen LogP contribution is 2.27. The fourth-order valence-electron chi connectivity index (χ4n) is 2.95. The zero-order valence-electron chi connectivity index (χ0n) is 13.3. The van der Waals surface area contributed by atoms with E-state index in [0.29, 0.717) is 19.5 Å². The summed E-state index contributed by atoms with van der Waals surface area (Å²) in [6.45, 7) is 3.13. The Bertz CT molecular complexity index is 576. The van der Waals surface area contributed by atoms with Gasteiger partial charge in [0.2, 0.25) is 0 Å². The number of nitrogens with zero attached hydrogens (tertiary/aromatic N) is 1. The van der Waals surface area contributed by atoms with Crippen molar-refractivity contribution in [1.29, 1.82) is 0 Å². The molecule has 126 valence electrons. The molecule has 0 radical (unpaired) electrons. The van der Waals surface area contributed by atoms with E-state index >= 15 is 0 Å². The minimum absolute atomic E-state index is 0.00680. The number of amides is 1. The first kappa shape index (κ1) is 17.2. The molecule has 5 nitrogen and oxygen atoms in total. The summed E-state index contributed by atoms with van der Waals surface area (Å²) < 4.78 is 19.2. The average molecular weight is 323 g/mol. The Morgan fingerprint density at radius 3 is 2.91 bits per heavy atom. The van der Waals surface area contributed by atoms with E-state index in [-0.39, 0.29) is 36.2 Å². The van der Waals surface area contributed by atoms with Crippen molar-refractivity contribution in [3.63, 3.8) is 0 Å². The number of halogens is 1. The molecule has 23 heavy (non-hydrogen) atoms. The molecule has 2 rings (SSSR count). The lowest BCUT2D eigenvalue weighted by molar-refractivity contribution is -0.137. The highest BCUT2D eigenvalue weighted by Gasteiger charge is 2.27. The van der Waals surface area contributed by atoms with E-state index in [9.17, 15) is 14.0 Å². The number of ether oxygens (including phenoxy) is 1. The number of carboxylic acid groups (broad SMARTS) is 1. The number of benzene rings is 1. The number of hydrogen-bond donors (Lipinski definition) is 1. The molecule has 0 unspecified atom stereocenters. The summed E-state index contributed by atoms with van der Waals surface area (Å²) in [5.41, 5.74) is 0.228. The maximum Gasteiger partial charge on any atom is 0.303 e. The van der Waals surface area contributed by atoms with Crippen LogP contribution in [0.25, 0.3) is 0 Å². The van der Waals surface area contributed by atoms with Gasteiger partial charge >= 0.3 is 5.97 Å². The van der Waals surface area contributed by atoms with E-state index in [0.717, 1.165) is 12.8 Å². The number of aliphatic carboxylic acids is 1. The van der Waals surface area contributed by atoms with E-state index in [1.807, 2.05) is 0 Å². The normalized spacial score (nSPS) is 17.8. The number of carboxylic acids is 1. The SMILES string of the molecule is CCOc1c(F)cccc1C(=O)N1CCC[C@H](CCC(=O)O)C1.